The third kappa shape index (κ3) is 4.63. The molecule has 1 aromatic rings. The van der Waals surface area contributed by atoms with Crippen molar-refractivity contribution < 1.29 is 4.79 Å². The monoisotopic (exact) mass is 243 g/mol. The van der Waals surface area contributed by atoms with Crippen LogP contribution in [-0.4, -0.2) is 23.9 Å². The number of carbonyl (C=O) groups is 1. The largest absolute Gasteiger partial charge is 0.332 e. The third-order valence-corrected chi connectivity index (χ3v) is 2.84. The highest BCUT2D eigenvalue weighted by atomic mass is 16.2. The second kappa shape index (κ2) is 7.55. The van der Waals surface area contributed by atoms with Crippen LogP contribution < -0.4 is 0 Å². The lowest BCUT2D eigenvalue weighted by Gasteiger charge is -2.19. The Morgan fingerprint density at radius 2 is 2.22 bits per heavy atom. The normalized spacial score (nSPS) is 9.83. The Labute approximate surface area is 110 Å². The van der Waals surface area contributed by atoms with Gasteiger partial charge < -0.3 is 4.90 Å². The van der Waals surface area contributed by atoms with Crippen LogP contribution in [0, 0.1) is 19.3 Å². The summed E-state index contributed by atoms with van der Waals surface area (Å²) in [4.78, 5) is 13.8. The summed E-state index contributed by atoms with van der Waals surface area (Å²) in [5.74, 6) is 2.70. The van der Waals surface area contributed by atoms with E-state index in [4.69, 9.17) is 6.42 Å². The average molecular weight is 243 g/mol. The SMILES string of the molecule is C#CCN(CCC)C(=O)CCc1cccc(C)c1. The fourth-order valence-electron chi connectivity index (χ4n) is 1.95. The lowest BCUT2D eigenvalue weighted by molar-refractivity contribution is -0.130. The number of hydrogen-bond acceptors (Lipinski definition) is 1. The molecule has 0 N–H and O–H groups in total. The van der Waals surface area contributed by atoms with Crippen molar-refractivity contribution in [3.8, 4) is 12.3 Å². The van der Waals surface area contributed by atoms with Crippen LogP contribution >= 0.6 is 0 Å². The first-order valence-corrected chi connectivity index (χ1v) is 6.44. The molecule has 2 heteroatoms. The van der Waals surface area contributed by atoms with Gasteiger partial charge in [0, 0.05) is 13.0 Å². The Kier molecular flexibility index (Phi) is 6.00. The second-order valence-corrected chi connectivity index (χ2v) is 4.51. The van der Waals surface area contributed by atoms with E-state index < -0.39 is 0 Å². The molecule has 0 bridgehead atoms. The van der Waals surface area contributed by atoms with E-state index >= 15 is 0 Å². The molecule has 0 radical (unpaired) electrons. The molecular formula is C16H21NO. The van der Waals surface area contributed by atoms with Crippen LogP contribution in [0.15, 0.2) is 24.3 Å². The first-order valence-electron chi connectivity index (χ1n) is 6.44. The van der Waals surface area contributed by atoms with Gasteiger partial charge >= 0.3 is 0 Å². The highest BCUT2D eigenvalue weighted by Gasteiger charge is 2.11. The summed E-state index contributed by atoms with van der Waals surface area (Å²) in [6, 6.07) is 8.28. The molecule has 18 heavy (non-hydrogen) atoms. The standard InChI is InChI=1S/C16H21NO/c1-4-11-17(12-5-2)16(18)10-9-15-8-6-7-14(3)13-15/h1,6-8,13H,5,9-12H2,2-3H3. The van der Waals surface area contributed by atoms with E-state index in [-0.39, 0.29) is 5.91 Å². The minimum Gasteiger partial charge on any atom is -0.332 e. The minimum atomic E-state index is 0.149. The number of amides is 1. The molecule has 0 saturated heterocycles. The van der Waals surface area contributed by atoms with E-state index in [1.807, 2.05) is 6.07 Å². The molecular weight excluding hydrogens is 222 g/mol. The molecule has 1 aromatic carbocycles. The van der Waals surface area contributed by atoms with E-state index in [0.29, 0.717) is 13.0 Å². The molecule has 1 amide bonds. The molecule has 0 unspecified atom stereocenters. The predicted molar refractivity (Wildman–Crippen MR) is 75.2 cm³/mol. The first-order chi connectivity index (χ1) is 8.67. The van der Waals surface area contributed by atoms with Crippen molar-refractivity contribution in [2.24, 2.45) is 0 Å². The van der Waals surface area contributed by atoms with Crippen LogP contribution in [0.3, 0.4) is 0 Å². The van der Waals surface area contributed by atoms with Crippen molar-refractivity contribution in [2.45, 2.75) is 33.1 Å². The van der Waals surface area contributed by atoms with Gasteiger partial charge in [0.25, 0.3) is 0 Å². The lowest BCUT2D eigenvalue weighted by Crippen LogP contribution is -2.32. The van der Waals surface area contributed by atoms with Crippen molar-refractivity contribution >= 4 is 5.91 Å². The molecule has 0 fully saturated rings. The van der Waals surface area contributed by atoms with E-state index in [9.17, 15) is 4.79 Å². The van der Waals surface area contributed by atoms with E-state index in [1.165, 1.54) is 11.1 Å². The summed E-state index contributed by atoms with van der Waals surface area (Å²) in [5, 5.41) is 0. The van der Waals surface area contributed by atoms with Gasteiger partial charge in [-0.05, 0) is 25.3 Å². The van der Waals surface area contributed by atoms with Crippen LogP contribution in [0.5, 0.6) is 0 Å². The Morgan fingerprint density at radius 3 is 2.83 bits per heavy atom. The molecule has 0 aliphatic carbocycles. The van der Waals surface area contributed by atoms with Crippen LogP contribution in [0.2, 0.25) is 0 Å². The van der Waals surface area contributed by atoms with Gasteiger partial charge in [0.1, 0.15) is 0 Å². The zero-order valence-electron chi connectivity index (χ0n) is 11.3. The highest BCUT2D eigenvalue weighted by Crippen LogP contribution is 2.08. The van der Waals surface area contributed by atoms with Gasteiger partial charge in [-0.15, -0.1) is 6.42 Å². The number of nitrogens with zero attached hydrogens (tertiary/aromatic N) is 1. The van der Waals surface area contributed by atoms with Crippen LogP contribution in [0.1, 0.15) is 30.9 Å². The maximum atomic E-state index is 12.0. The topological polar surface area (TPSA) is 20.3 Å². The maximum absolute atomic E-state index is 12.0. The summed E-state index contributed by atoms with van der Waals surface area (Å²) >= 11 is 0. The van der Waals surface area contributed by atoms with Gasteiger partial charge in [-0.2, -0.15) is 0 Å². The van der Waals surface area contributed by atoms with Crippen LogP contribution in [-0.2, 0) is 11.2 Å². The summed E-state index contributed by atoms with van der Waals surface area (Å²) in [6.45, 7) is 5.28. The molecule has 0 aliphatic heterocycles. The van der Waals surface area contributed by atoms with Gasteiger partial charge in [0.05, 0.1) is 6.54 Å². The summed E-state index contributed by atoms with van der Waals surface area (Å²) < 4.78 is 0. The predicted octanol–water partition coefficient (Wildman–Crippen LogP) is 2.80. The first kappa shape index (κ1) is 14.3. The van der Waals surface area contributed by atoms with E-state index in [0.717, 1.165) is 19.4 Å². The molecule has 0 aromatic heterocycles. The summed E-state index contributed by atoms with van der Waals surface area (Å²) in [5.41, 5.74) is 2.44. The Morgan fingerprint density at radius 1 is 1.44 bits per heavy atom. The number of rotatable bonds is 6. The van der Waals surface area contributed by atoms with Crippen molar-refractivity contribution in [3.05, 3.63) is 35.4 Å². The molecule has 96 valence electrons. The molecule has 2 nitrogen and oxygen atoms in total. The quantitative estimate of drug-likeness (QED) is 0.704. The maximum Gasteiger partial charge on any atom is 0.223 e. The van der Waals surface area contributed by atoms with Gasteiger partial charge in [-0.1, -0.05) is 42.7 Å². The van der Waals surface area contributed by atoms with Crippen molar-refractivity contribution in [3.63, 3.8) is 0 Å². The fourth-order valence-corrected chi connectivity index (χ4v) is 1.95. The van der Waals surface area contributed by atoms with Gasteiger partial charge in [-0.3, -0.25) is 4.79 Å². The molecule has 0 atom stereocenters. The van der Waals surface area contributed by atoms with E-state index in [2.05, 4.69) is 38.0 Å². The number of hydrogen-bond donors (Lipinski definition) is 0. The van der Waals surface area contributed by atoms with E-state index in [1.54, 1.807) is 4.90 Å². The third-order valence-electron chi connectivity index (χ3n) is 2.84. The van der Waals surface area contributed by atoms with Gasteiger partial charge in [0.2, 0.25) is 5.91 Å². The molecule has 0 aliphatic rings. The van der Waals surface area contributed by atoms with Crippen LogP contribution in [0.25, 0.3) is 0 Å². The molecule has 0 heterocycles. The smallest absolute Gasteiger partial charge is 0.223 e. The zero-order chi connectivity index (χ0) is 13.4. The highest BCUT2D eigenvalue weighted by molar-refractivity contribution is 5.76. The fraction of sp³-hybridized carbons (Fsp3) is 0.438. The van der Waals surface area contributed by atoms with Crippen molar-refractivity contribution in [1.29, 1.82) is 0 Å². The summed E-state index contributed by atoms with van der Waals surface area (Å²) in [7, 11) is 0. The second-order valence-electron chi connectivity index (χ2n) is 4.51. The average Bonchev–Trinajstić information content (AvgIpc) is 2.36. The number of carbonyl (C=O) groups excluding carboxylic acids is 1. The Bertz CT molecular complexity index is 431. The molecule has 1 rings (SSSR count). The Hall–Kier alpha value is -1.75. The number of aryl methyl sites for hydroxylation is 2. The van der Waals surface area contributed by atoms with Crippen molar-refractivity contribution in [1.82, 2.24) is 4.90 Å². The zero-order valence-corrected chi connectivity index (χ0v) is 11.3. The molecule has 0 spiro atoms. The number of benzene rings is 1. The summed E-state index contributed by atoms with van der Waals surface area (Å²) in [6.07, 6.45) is 7.54. The van der Waals surface area contributed by atoms with Crippen LogP contribution in [0.4, 0.5) is 0 Å². The van der Waals surface area contributed by atoms with Gasteiger partial charge in [0.15, 0.2) is 0 Å². The number of terminal acetylenes is 1. The Balaban J connectivity index is 2.51. The molecule has 0 saturated carbocycles. The minimum absolute atomic E-state index is 0.149. The lowest BCUT2D eigenvalue weighted by atomic mass is 10.1. The van der Waals surface area contributed by atoms with Gasteiger partial charge in [-0.25, -0.2) is 0 Å². The van der Waals surface area contributed by atoms with Crippen molar-refractivity contribution in [2.75, 3.05) is 13.1 Å².